The number of fused-ring (bicyclic) bond motifs is 2. The van der Waals surface area contributed by atoms with Gasteiger partial charge in [0.05, 0.1) is 33.5 Å². The highest BCUT2D eigenvalue weighted by atomic mass is 35.5. The number of para-hydroxylation sites is 2. The van der Waals surface area contributed by atoms with Crippen LogP contribution in [0, 0.1) is 0 Å². The number of hydrogen-bond acceptors (Lipinski definition) is 6. The van der Waals surface area contributed by atoms with Gasteiger partial charge in [0.1, 0.15) is 11.3 Å². The van der Waals surface area contributed by atoms with Gasteiger partial charge in [0.2, 0.25) is 0 Å². The first-order chi connectivity index (χ1) is 13.8. The van der Waals surface area contributed by atoms with Crippen LogP contribution in [0.4, 0.5) is 23.0 Å². The van der Waals surface area contributed by atoms with Crippen molar-refractivity contribution in [1.29, 1.82) is 0 Å². The molecule has 5 aromatic rings. The molecule has 7 nitrogen and oxygen atoms in total. The average molecular weight is 388 g/mol. The normalized spacial score (nSPS) is 11.0. The van der Waals surface area contributed by atoms with Crippen LogP contribution in [0.15, 0.2) is 67.0 Å². The van der Waals surface area contributed by atoms with E-state index in [4.69, 9.17) is 11.6 Å². The lowest BCUT2D eigenvalue weighted by Crippen LogP contribution is -1.97. The standard InChI is InChI=1S/C20H14ClN7/c21-13-10-12(24-20-19-17(27-28-20)6-3-9-22-19)7-8-14(13)25-18-11-23-15-4-1-2-5-16(15)26-18/h1-11H,(H,25,26)(H2,24,27,28). The second-order valence-corrected chi connectivity index (χ2v) is 6.57. The predicted octanol–water partition coefficient (Wildman–Crippen LogP) is 5.04. The summed E-state index contributed by atoms with van der Waals surface area (Å²) < 4.78 is 0. The number of hydrogen-bond donors (Lipinski definition) is 3. The van der Waals surface area contributed by atoms with E-state index in [0.717, 1.165) is 33.4 Å². The molecular weight excluding hydrogens is 374 g/mol. The zero-order valence-corrected chi connectivity index (χ0v) is 15.3. The minimum Gasteiger partial charge on any atom is -0.338 e. The largest absolute Gasteiger partial charge is 0.338 e. The van der Waals surface area contributed by atoms with Crippen LogP contribution in [0.5, 0.6) is 0 Å². The molecule has 0 saturated heterocycles. The van der Waals surface area contributed by atoms with Crippen LogP contribution in [0.25, 0.3) is 22.1 Å². The summed E-state index contributed by atoms with van der Waals surface area (Å²) in [7, 11) is 0. The SMILES string of the molecule is Clc1cc(Nc2n[nH]c3cccnc23)ccc1Nc1cnc2ccccc2n1. The topological polar surface area (TPSA) is 91.4 Å². The number of benzene rings is 2. The van der Waals surface area contributed by atoms with E-state index >= 15 is 0 Å². The molecule has 0 fully saturated rings. The number of nitrogens with one attached hydrogen (secondary N) is 3. The Balaban J connectivity index is 1.39. The molecule has 3 N–H and O–H groups in total. The fraction of sp³-hybridized carbons (Fsp3) is 0. The Kier molecular flexibility index (Phi) is 3.99. The zero-order valence-electron chi connectivity index (χ0n) is 14.5. The van der Waals surface area contributed by atoms with E-state index in [-0.39, 0.29) is 0 Å². The van der Waals surface area contributed by atoms with Gasteiger partial charge < -0.3 is 10.6 Å². The van der Waals surface area contributed by atoms with E-state index < -0.39 is 0 Å². The molecule has 3 heterocycles. The number of aromatic nitrogens is 5. The van der Waals surface area contributed by atoms with Gasteiger partial charge in [0, 0.05) is 11.9 Å². The molecule has 0 aliphatic heterocycles. The van der Waals surface area contributed by atoms with Crippen molar-refractivity contribution in [3.63, 3.8) is 0 Å². The van der Waals surface area contributed by atoms with Crippen molar-refractivity contribution in [1.82, 2.24) is 25.1 Å². The third kappa shape index (κ3) is 3.08. The Morgan fingerprint density at radius 3 is 2.68 bits per heavy atom. The minimum atomic E-state index is 0.549. The smallest absolute Gasteiger partial charge is 0.178 e. The van der Waals surface area contributed by atoms with Gasteiger partial charge in [-0.1, -0.05) is 23.7 Å². The second-order valence-electron chi connectivity index (χ2n) is 6.16. The molecule has 5 rings (SSSR count). The summed E-state index contributed by atoms with van der Waals surface area (Å²) in [6.07, 6.45) is 3.42. The molecule has 136 valence electrons. The van der Waals surface area contributed by atoms with Crippen LogP contribution in [-0.2, 0) is 0 Å². The third-order valence-corrected chi connectivity index (χ3v) is 4.58. The molecule has 0 radical (unpaired) electrons. The molecule has 0 unspecified atom stereocenters. The summed E-state index contributed by atoms with van der Waals surface area (Å²) in [6, 6.07) is 17.1. The van der Waals surface area contributed by atoms with Crippen molar-refractivity contribution in [2.45, 2.75) is 0 Å². The van der Waals surface area contributed by atoms with Crippen molar-refractivity contribution in [3.05, 3.63) is 72.0 Å². The molecule has 28 heavy (non-hydrogen) atoms. The molecule has 0 atom stereocenters. The second kappa shape index (κ2) is 6.79. The van der Waals surface area contributed by atoms with Gasteiger partial charge in [-0.25, -0.2) is 4.98 Å². The minimum absolute atomic E-state index is 0.549. The van der Waals surface area contributed by atoms with Gasteiger partial charge in [-0.05, 0) is 42.5 Å². The van der Waals surface area contributed by atoms with Gasteiger partial charge in [-0.3, -0.25) is 15.1 Å². The highest BCUT2D eigenvalue weighted by Crippen LogP contribution is 2.30. The van der Waals surface area contributed by atoms with E-state index in [1.807, 2.05) is 54.6 Å². The summed E-state index contributed by atoms with van der Waals surface area (Å²) in [6.45, 7) is 0. The van der Waals surface area contributed by atoms with Crippen LogP contribution >= 0.6 is 11.6 Å². The predicted molar refractivity (Wildman–Crippen MR) is 111 cm³/mol. The van der Waals surface area contributed by atoms with E-state index in [9.17, 15) is 0 Å². The first kappa shape index (κ1) is 16.5. The monoisotopic (exact) mass is 387 g/mol. The number of H-pyrrole nitrogens is 1. The lowest BCUT2D eigenvalue weighted by atomic mass is 10.2. The quantitative estimate of drug-likeness (QED) is 0.400. The number of nitrogens with zero attached hydrogens (tertiary/aromatic N) is 4. The Labute approximate surface area is 164 Å². The Hall–Kier alpha value is -3.71. The number of anilines is 4. The Morgan fingerprint density at radius 1 is 0.893 bits per heavy atom. The van der Waals surface area contributed by atoms with Gasteiger partial charge in [-0.15, -0.1) is 0 Å². The fourth-order valence-electron chi connectivity index (χ4n) is 2.93. The molecule has 0 aliphatic rings. The number of rotatable bonds is 4. The first-order valence-electron chi connectivity index (χ1n) is 8.61. The van der Waals surface area contributed by atoms with Gasteiger partial charge >= 0.3 is 0 Å². The van der Waals surface area contributed by atoms with E-state index in [1.165, 1.54) is 0 Å². The summed E-state index contributed by atoms with van der Waals surface area (Å²) >= 11 is 6.46. The maximum Gasteiger partial charge on any atom is 0.178 e. The van der Waals surface area contributed by atoms with Crippen LogP contribution < -0.4 is 10.6 Å². The summed E-state index contributed by atoms with van der Waals surface area (Å²) in [4.78, 5) is 13.3. The van der Waals surface area contributed by atoms with Crippen molar-refractivity contribution in [2.75, 3.05) is 10.6 Å². The summed E-state index contributed by atoms with van der Waals surface area (Å²) in [5.41, 5.74) is 4.84. The first-order valence-corrected chi connectivity index (χ1v) is 8.98. The molecule has 3 aromatic heterocycles. The molecule has 2 aromatic carbocycles. The van der Waals surface area contributed by atoms with E-state index in [0.29, 0.717) is 16.7 Å². The lowest BCUT2D eigenvalue weighted by Gasteiger charge is -2.10. The van der Waals surface area contributed by atoms with Crippen molar-refractivity contribution in [3.8, 4) is 0 Å². The maximum absolute atomic E-state index is 6.46. The molecule has 0 bridgehead atoms. The highest BCUT2D eigenvalue weighted by Gasteiger charge is 2.09. The maximum atomic E-state index is 6.46. The van der Waals surface area contributed by atoms with Gasteiger partial charge in [-0.2, -0.15) is 5.10 Å². The summed E-state index contributed by atoms with van der Waals surface area (Å²) in [5, 5.41) is 14.2. The molecule has 0 aliphatic carbocycles. The van der Waals surface area contributed by atoms with Gasteiger partial charge in [0.25, 0.3) is 0 Å². The Bertz CT molecular complexity index is 1300. The highest BCUT2D eigenvalue weighted by molar-refractivity contribution is 6.33. The van der Waals surface area contributed by atoms with E-state index in [1.54, 1.807) is 12.4 Å². The number of halogens is 1. The van der Waals surface area contributed by atoms with Crippen LogP contribution in [0.1, 0.15) is 0 Å². The molecule has 8 heteroatoms. The van der Waals surface area contributed by atoms with Crippen molar-refractivity contribution >= 4 is 56.7 Å². The van der Waals surface area contributed by atoms with Gasteiger partial charge in [0.15, 0.2) is 5.82 Å². The number of aromatic amines is 1. The Morgan fingerprint density at radius 2 is 1.79 bits per heavy atom. The van der Waals surface area contributed by atoms with Crippen LogP contribution in [-0.4, -0.2) is 25.1 Å². The molecule has 0 amide bonds. The van der Waals surface area contributed by atoms with E-state index in [2.05, 4.69) is 35.8 Å². The van der Waals surface area contributed by atoms with Crippen molar-refractivity contribution < 1.29 is 0 Å². The fourth-order valence-corrected chi connectivity index (χ4v) is 3.15. The molecular formula is C20H14ClN7. The van der Waals surface area contributed by atoms with Crippen LogP contribution in [0.3, 0.4) is 0 Å². The number of pyridine rings is 1. The lowest BCUT2D eigenvalue weighted by molar-refractivity contribution is 1.12. The molecule has 0 saturated carbocycles. The summed E-state index contributed by atoms with van der Waals surface area (Å²) in [5.74, 6) is 1.27. The van der Waals surface area contributed by atoms with Crippen LogP contribution in [0.2, 0.25) is 5.02 Å². The zero-order chi connectivity index (χ0) is 18.9. The van der Waals surface area contributed by atoms with Crippen molar-refractivity contribution in [2.24, 2.45) is 0 Å². The molecule has 0 spiro atoms. The average Bonchev–Trinajstić information content (AvgIpc) is 3.13. The third-order valence-electron chi connectivity index (χ3n) is 4.26.